The molecule has 3 nitrogen and oxygen atoms in total. The number of hydrogen-bond acceptors (Lipinski definition) is 3. The van der Waals surface area contributed by atoms with Crippen LogP contribution < -0.4 is 0 Å². The number of aliphatic hydroxyl groups excluding tert-OH is 1. The molecule has 0 aliphatic carbocycles. The summed E-state index contributed by atoms with van der Waals surface area (Å²) >= 11 is 0. The summed E-state index contributed by atoms with van der Waals surface area (Å²) in [5.41, 5.74) is -1.08. The van der Waals surface area contributed by atoms with E-state index in [1.54, 1.807) is 14.8 Å². The zero-order valence-electron chi connectivity index (χ0n) is 7.95. The van der Waals surface area contributed by atoms with Gasteiger partial charge in [0.05, 0.1) is 12.1 Å². The Bertz CT molecular complexity index is 160. The molecule has 2 N–H and O–H groups in total. The third-order valence-corrected chi connectivity index (χ3v) is 2.73. The first-order valence-electron chi connectivity index (χ1n) is 4.56. The summed E-state index contributed by atoms with van der Waals surface area (Å²) in [4.78, 5) is 0. The molecular formula is C8H17BO3. The van der Waals surface area contributed by atoms with Gasteiger partial charge in [-0.25, -0.2) is 0 Å². The van der Waals surface area contributed by atoms with Crippen LogP contribution in [0.15, 0.2) is 0 Å². The molecule has 0 spiro atoms. The van der Waals surface area contributed by atoms with Gasteiger partial charge in [0.25, 0.3) is 0 Å². The number of hydrogen-bond donors (Lipinski definition) is 2. The van der Waals surface area contributed by atoms with Crippen molar-refractivity contribution in [3.8, 4) is 0 Å². The predicted molar refractivity (Wildman–Crippen MR) is 48.7 cm³/mol. The Morgan fingerprint density at radius 1 is 1.58 bits per heavy atom. The zero-order valence-corrected chi connectivity index (χ0v) is 7.95. The number of ether oxygens (including phenoxy) is 1. The van der Waals surface area contributed by atoms with Crippen LogP contribution in [-0.2, 0) is 4.74 Å². The van der Waals surface area contributed by atoms with Gasteiger partial charge < -0.3 is 14.9 Å². The van der Waals surface area contributed by atoms with E-state index in [1.165, 1.54) is 0 Å². The van der Waals surface area contributed by atoms with Gasteiger partial charge in [-0.1, -0.05) is 13.3 Å². The van der Waals surface area contributed by atoms with Gasteiger partial charge in [-0.2, -0.15) is 0 Å². The van der Waals surface area contributed by atoms with Crippen LogP contribution in [0.4, 0.5) is 0 Å². The minimum Gasteiger partial charge on any atom is -0.387 e. The summed E-state index contributed by atoms with van der Waals surface area (Å²) in [6, 6.07) is -0.274. The SMILES string of the molecule is B[C@@H]1O[C@H](CCC)[C@@H](O)[C@@]1(C)O. The third-order valence-electron chi connectivity index (χ3n) is 2.73. The summed E-state index contributed by atoms with van der Waals surface area (Å²) in [5.74, 6) is 0. The highest BCUT2D eigenvalue weighted by molar-refractivity contribution is 6.12. The summed E-state index contributed by atoms with van der Waals surface area (Å²) in [6.45, 7) is 3.66. The van der Waals surface area contributed by atoms with Gasteiger partial charge in [-0.15, -0.1) is 0 Å². The van der Waals surface area contributed by atoms with Crippen LogP contribution in [0, 0.1) is 0 Å². The minimum absolute atomic E-state index is 0.194. The van der Waals surface area contributed by atoms with Crippen LogP contribution >= 0.6 is 0 Å². The molecule has 70 valence electrons. The Kier molecular flexibility index (Phi) is 2.81. The van der Waals surface area contributed by atoms with E-state index in [4.69, 9.17) is 4.74 Å². The highest BCUT2D eigenvalue weighted by Gasteiger charge is 2.48. The zero-order chi connectivity index (χ0) is 9.35. The largest absolute Gasteiger partial charge is 0.387 e. The lowest BCUT2D eigenvalue weighted by Gasteiger charge is -2.24. The molecule has 0 unspecified atom stereocenters. The maximum atomic E-state index is 9.75. The van der Waals surface area contributed by atoms with Crippen LogP contribution in [0.1, 0.15) is 26.7 Å². The predicted octanol–water partition coefficient (Wildman–Crippen LogP) is -0.744. The lowest BCUT2D eigenvalue weighted by atomic mass is 9.81. The Hall–Kier alpha value is -0.0551. The summed E-state index contributed by atoms with van der Waals surface area (Å²) < 4.78 is 5.43. The summed E-state index contributed by atoms with van der Waals surface area (Å²) in [5, 5.41) is 19.4. The van der Waals surface area contributed by atoms with Crippen molar-refractivity contribution < 1.29 is 14.9 Å². The molecule has 1 rings (SSSR count). The van der Waals surface area contributed by atoms with Gasteiger partial charge in [0.1, 0.15) is 19.6 Å². The molecule has 1 heterocycles. The third kappa shape index (κ3) is 1.51. The molecule has 4 atom stereocenters. The van der Waals surface area contributed by atoms with Gasteiger partial charge in [0, 0.05) is 0 Å². The van der Waals surface area contributed by atoms with Gasteiger partial charge in [-0.05, 0) is 13.3 Å². The Labute approximate surface area is 74.1 Å². The normalized spacial score (nSPS) is 48.2. The lowest BCUT2D eigenvalue weighted by molar-refractivity contribution is -0.0428. The Morgan fingerprint density at radius 2 is 2.17 bits per heavy atom. The van der Waals surface area contributed by atoms with E-state index in [2.05, 4.69) is 0 Å². The number of rotatable bonds is 2. The minimum atomic E-state index is -1.08. The van der Waals surface area contributed by atoms with Crippen molar-refractivity contribution in [3.63, 3.8) is 0 Å². The van der Waals surface area contributed by atoms with Crippen molar-refractivity contribution in [2.75, 3.05) is 0 Å². The molecule has 1 aliphatic heterocycles. The highest BCUT2D eigenvalue weighted by atomic mass is 16.5. The quantitative estimate of drug-likeness (QED) is 0.539. The Balaban J connectivity index is 2.63. The van der Waals surface area contributed by atoms with Crippen molar-refractivity contribution in [2.24, 2.45) is 0 Å². The van der Waals surface area contributed by atoms with Crippen molar-refractivity contribution >= 4 is 7.85 Å². The molecule has 0 aromatic heterocycles. The van der Waals surface area contributed by atoms with Gasteiger partial charge in [0.2, 0.25) is 0 Å². The first-order valence-corrected chi connectivity index (χ1v) is 4.56. The molecule has 0 bridgehead atoms. The molecule has 4 heteroatoms. The maximum Gasteiger partial charge on any atom is 0.143 e. The van der Waals surface area contributed by atoms with Crippen LogP contribution in [0.2, 0.25) is 0 Å². The molecule has 1 fully saturated rings. The molecule has 0 saturated carbocycles. The standard InChI is InChI=1S/C8H17BO3/c1-3-4-5-6(10)8(2,11)7(9)12-5/h5-7,10-11H,3-4,9H2,1-2H3/t5-,6-,7-,8-/m1/s1. The topological polar surface area (TPSA) is 49.7 Å². The van der Waals surface area contributed by atoms with Crippen molar-refractivity contribution in [3.05, 3.63) is 0 Å². The van der Waals surface area contributed by atoms with Crippen LogP contribution in [-0.4, -0.2) is 41.9 Å². The number of aliphatic hydroxyl groups is 2. The Morgan fingerprint density at radius 3 is 2.50 bits per heavy atom. The van der Waals surface area contributed by atoms with E-state index >= 15 is 0 Å². The van der Waals surface area contributed by atoms with Crippen LogP contribution in [0.3, 0.4) is 0 Å². The van der Waals surface area contributed by atoms with E-state index in [-0.39, 0.29) is 12.1 Å². The molecule has 1 aliphatic rings. The second kappa shape index (κ2) is 3.36. The molecule has 0 aromatic rings. The summed E-state index contributed by atoms with van der Waals surface area (Å²) in [7, 11) is 1.79. The average Bonchev–Trinajstić information content (AvgIpc) is 2.17. The first-order chi connectivity index (χ1) is 5.50. The van der Waals surface area contributed by atoms with E-state index in [0.29, 0.717) is 0 Å². The highest BCUT2D eigenvalue weighted by Crippen LogP contribution is 2.31. The van der Waals surface area contributed by atoms with Gasteiger partial charge >= 0.3 is 0 Å². The molecule has 12 heavy (non-hydrogen) atoms. The summed E-state index contributed by atoms with van der Waals surface area (Å²) in [6.07, 6.45) is 0.832. The molecule has 0 aromatic carbocycles. The van der Waals surface area contributed by atoms with E-state index < -0.39 is 11.7 Å². The monoisotopic (exact) mass is 172 g/mol. The molecule has 1 saturated heterocycles. The van der Waals surface area contributed by atoms with E-state index in [0.717, 1.165) is 12.8 Å². The fourth-order valence-electron chi connectivity index (χ4n) is 1.60. The fourth-order valence-corrected chi connectivity index (χ4v) is 1.60. The van der Waals surface area contributed by atoms with Crippen LogP contribution in [0.5, 0.6) is 0 Å². The average molecular weight is 172 g/mol. The molecular weight excluding hydrogens is 155 g/mol. The van der Waals surface area contributed by atoms with E-state index in [1.807, 2.05) is 6.92 Å². The van der Waals surface area contributed by atoms with Crippen molar-refractivity contribution in [2.45, 2.75) is 50.5 Å². The van der Waals surface area contributed by atoms with Crippen molar-refractivity contribution in [1.82, 2.24) is 0 Å². The maximum absolute atomic E-state index is 9.75. The molecule has 0 amide bonds. The van der Waals surface area contributed by atoms with Crippen molar-refractivity contribution in [1.29, 1.82) is 0 Å². The lowest BCUT2D eigenvalue weighted by Crippen LogP contribution is -2.45. The first kappa shape index (κ1) is 10.0. The van der Waals surface area contributed by atoms with Crippen LogP contribution in [0.25, 0.3) is 0 Å². The second-order valence-corrected chi connectivity index (χ2v) is 3.78. The van der Waals surface area contributed by atoms with Gasteiger partial charge in [0.15, 0.2) is 0 Å². The molecule has 0 radical (unpaired) electrons. The van der Waals surface area contributed by atoms with E-state index in [9.17, 15) is 10.2 Å². The second-order valence-electron chi connectivity index (χ2n) is 3.78. The smallest absolute Gasteiger partial charge is 0.143 e. The van der Waals surface area contributed by atoms with Gasteiger partial charge in [-0.3, -0.25) is 0 Å². The fraction of sp³-hybridized carbons (Fsp3) is 1.00.